The van der Waals surface area contributed by atoms with E-state index in [1.54, 1.807) is 0 Å². The molecule has 1 fully saturated rings. The summed E-state index contributed by atoms with van der Waals surface area (Å²) in [6.07, 6.45) is 3.35. The first-order chi connectivity index (χ1) is 8.73. The molecule has 1 aromatic carbocycles. The molecule has 3 nitrogen and oxygen atoms in total. The Morgan fingerprint density at radius 3 is 3.11 bits per heavy atom. The van der Waals surface area contributed by atoms with Crippen molar-refractivity contribution in [1.82, 2.24) is 10.3 Å². The van der Waals surface area contributed by atoms with Gasteiger partial charge in [-0.15, -0.1) is 0 Å². The number of benzene rings is 1. The van der Waals surface area contributed by atoms with Crippen LogP contribution < -0.4 is 5.32 Å². The molecular formula is C14H17ClN2O. The summed E-state index contributed by atoms with van der Waals surface area (Å²) >= 11 is 5.98. The molecule has 1 atom stereocenters. The van der Waals surface area contributed by atoms with E-state index < -0.39 is 0 Å². The minimum absolute atomic E-state index is 0.0454. The Morgan fingerprint density at radius 2 is 2.39 bits per heavy atom. The first kappa shape index (κ1) is 12.0. The van der Waals surface area contributed by atoms with E-state index in [2.05, 4.69) is 17.2 Å². The number of aromatic nitrogens is 1. The number of halogens is 1. The molecule has 0 spiro atoms. The van der Waals surface area contributed by atoms with Crippen molar-refractivity contribution < 1.29 is 4.42 Å². The van der Waals surface area contributed by atoms with Crippen molar-refractivity contribution in [3.8, 4) is 0 Å². The van der Waals surface area contributed by atoms with Crippen LogP contribution >= 0.6 is 11.6 Å². The van der Waals surface area contributed by atoms with E-state index in [4.69, 9.17) is 16.0 Å². The number of hydrogen-bond acceptors (Lipinski definition) is 3. The Morgan fingerprint density at radius 1 is 1.50 bits per heavy atom. The van der Waals surface area contributed by atoms with Gasteiger partial charge in [0.15, 0.2) is 5.58 Å². The third-order valence-electron chi connectivity index (χ3n) is 3.95. The smallest absolute Gasteiger partial charge is 0.202 e. The summed E-state index contributed by atoms with van der Waals surface area (Å²) < 4.78 is 5.95. The van der Waals surface area contributed by atoms with Gasteiger partial charge in [0.2, 0.25) is 5.89 Å². The third kappa shape index (κ3) is 1.91. The highest BCUT2D eigenvalue weighted by atomic mass is 35.5. The lowest BCUT2D eigenvalue weighted by molar-refractivity contribution is 0.249. The predicted molar refractivity (Wildman–Crippen MR) is 73.1 cm³/mol. The summed E-state index contributed by atoms with van der Waals surface area (Å²) in [6, 6.07) is 5.62. The molecule has 0 bridgehead atoms. The summed E-state index contributed by atoms with van der Waals surface area (Å²) in [5.41, 5.74) is 1.73. The molecule has 96 valence electrons. The fraction of sp³-hybridized carbons (Fsp3) is 0.500. The van der Waals surface area contributed by atoms with E-state index in [9.17, 15) is 0 Å². The Kier molecular flexibility index (Phi) is 3.04. The minimum atomic E-state index is 0.0454. The van der Waals surface area contributed by atoms with Crippen LogP contribution in [0.2, 0.25) is 5.02 Å². The molecule has 0 saturated carbocycles. The Labute approximate surface area is 112 Å². The molecule has 1 saturated heterocycles. The van der Waals surface area contributed by atoms with Crippen LogP contribution in [0.15, 0.2) is 22.6 Å². The second-order valence-corrected chi connectivity index (χ2v) is 5.48. The number of nitrogens with one attached hydrogen (secondary N) is 1. The maximum absolute atomic E-state index is 5.98. The van der Waals surface area contributed by atoms with Crippen molar-refractivity contribution in [3.63, 3.8) is 0 Å². The van der Waals surface area contributed by atoms with Crippen LogP contribution in [0.1, 0.15) is 32.1 Å². The number of fused-ring (bicyclic) bond motifs is 1. The summed E-state index contributed by atoms with van der Waals surface area (Å²) in [5, 5.41) is 4.15. The highest BCUT2D eigenvalue weighted by molar-refractivity contribution is 6.31. The van der Waals surface area contributed by atoms with Gasteiger partial charge in [-0.25, -0.2) is 4.98 Å². The highest BCUT2D eigenvalue weighted by Gasteiger charge is 2.36. The van der Waals surface area contributed by atoms with E-state index in [0.717, 1.165) is 42.9 Å². The molecule has 1 aromatic heterocycles. The van der Waals surface area contributed by atoms with Gasteiger partial charge >= 0.3 is 0 Å². The largest absolute Gasteiger partial charge is 0.440 e. The zero-order chi connectivity index (χ0) is 12.6. The standard InChI is InChI=1S/C14H17ClN2O/c1-2-14(6-3-7-16-9-14)13-17-11-5-4-10(15)8-12(11)18-13/h4-5,8,16H,2-3,6-7,9H2,1H3. The molecule has 1 aliphatic rings. The quantitative estimate of drug-likeness (QED) is 0.902. The second kappa shape index (κ2) is 4.56. The van der Waals surface area contributed by atoms with Crippen molar-refractivity contribution in [2.45, 2.75) is 31.6 Å². The van der Waals surface area contributed by atoms with Gasteiger partial charge in [0.05, 0.1) is 5.41 Å². The minimum Gasteiger partial charge on any atom is -0.440 e. The van der Waals surface area contributed by atoms with Gasteiger partial charge < -0.3 is 9.73 Å². The Balaban J connectivity index is 2.06. The van der Waals surface area contributed by atoms with Crippen LogP contribution in [0.25, 0.3) is 11.1 Å². The molecule has 3 rings (SSSR count). The topological polar surface area (TPSA) is 38.1 Å². The van der Waals surface area contributed by atoms with E-state index in [1.807, 2.05) is 18.2 Å². The van der Waals surface area contributed by atoms with Gasteiger partial charge in [0.25, 0.3) is 0 Å². The van der Waals surface area contributed by atoms with Crippen LogP contribution in [0.4, 0.5) is 0 Å². The fourth-order valence-corrected chi connectivity index (χ4v) is 2.89. The maximum Gasteiger partial charge on any atom is 0.202 e. The number of nitrogens with zero attached hydrogens (tertiary/aromatic N) is 1. The number of hydrogen-bond donors (Lipinski definition) is 1. The van der Waals surface area contributed by atoms with Gasteiger partial charge in [-0.2, -0.15) is 0 Å². The molecule has 2 aromatic rings. The van der Waals surface area contributed by atoms with Crippen LogP contribution in [-0.4, -0.2) is 18.1 Å². The molecule has 1 aliphatic heterocycles. The molecule has 18 heavy (non-hydrogen) atoms. The van der Waals surface area contributed by atoms with Gasteiger partial charge in [-0.05, 0) is 37.9 Å². The molecule has 2 heterocycles. The number of piperidine rings is 1. The van der Waals surface area contributed by atoms with Crippen LogP contribution in [0, 0.1) is 0 Å². The van der Waals surface area contributed by atoms with Crippen molar-refractivity contribution in [2.24, 2.45) is 0 Å². The lowest BCUT2D eigenvalue weighted by Gasteiger charge is -2.33. The molecule has 4 heteroatoms. The van der Waals surface area contributed by atoms with Crippen LogP contribution in [-0.2, 0) is 5.41 Å². The second-order valence-electron chi connectivity index (χ2n) is 5.05. The zero-order valence-corrected chi connectivity index (χ0v) is 11.3. The third-order valence-corrected chi connectivity index (χ3v) is 4.19. The molecule has 0 aliphatic carbocycles. The average Bonchev–Trinajstić information content (AvgIpc) is 2.83. The van der Waals surface area contributed by atoms with Crippen LogP contribution in [0.5, 0.6) is 0 Å². The lowest BCUT2D eigenvalue weighted by Crippen LogP contribution is -2.43. The van der Waals surface area contributed by atoms with Crippen molar-refractivity contribution in [2.75, 3.05) is 13.1 Å². The van der Waals surface area contributed by atoms with Gasteiger partial charge in [0.1, 0.15) is 5.52 Å². The summed E-state index contributed by atoms with van der Waals surface area (Å²) in [5.74, 6) is 0.856. The average molecular weight is 265 g/mol. The monoisotopic (exact) mass is 264 g/mol. The number of rotatable bonds is 2. The van der Waals surface area contributed by atoms with Gasteiger partial charge in [-0.1, -0.05) is 18.5 Å². The van der Waals surface area contributed by atoms with Crippen molar-refractivity contribution in [1.29, 1.82) is 0 Å². The van der Waals surface area contributed by atoms with E-state index >= 15 is 0 Å². The summed E-state index contributed by atoms with van der Waals surface area (Å²) in [4.78, 5) is 4.66. The molecular weight excluding hydrogens is 248 g/mol. The van der Waals surface area contributed by atoms with E-state index in [1.165, 1.54) is 6.42 Å². The van der Waals surface area contributed by atoms with Crippen molar-refractivity contribution in [3.05, 3.63) is 29.1 Å². The molecule has 0 radical (unpaired) electrons. The normalized spacial score (nSPS) is 24.6. The molecule has 1 N–H and O–H groups in total. The maximum atomic E-state index is 5.98. The summed E-state index contributed by atoms with van der Waals surface area (Å²) in [7, 11) is 0. The molecule has 0 amide bonds. The Hall–Kier alpha value is -1.06. The molecule has 1 unspecified atom stereocenters. The van der Waals surface area contributed by atoms with Gasteiger partial charge in [-0.3, -0.25) is 0 Å². The fourth-order valence-electron chi connectivity index (χ4n) is 2.73. The Bertz CT molecular complexity index is 558. The van der Waals surface area contributed by atoms with Gasteiger partial charge in [0, 0.05) is 17.6 Å². The van der Waals surface area contributed by atoms with E-state index in [-0.39, 0.29) is 5.41 Å². The van der Waals surface area contributed by atoms with Crippen LogP contribution in [0.3, 0.4) is 0 Å². The van der Waals surface area contributed by atoms with E-state index in [0.29, 0.717) is 5.02 Å². The first-order valence-electron chi connectivity index (χ1n) is 6.51. The van der Waals surface area contributed by atoms with Crippen molar-refractivity contribution >= 4 is 22.7 Å². The predicted octanol–water partition coefficient (Wildman–Crippen LogP) is 3.51. The zero-order valence-electron chi connectivity index (χ0n) is 10.5. The number of oxazole rings is 1. The highest BCUT2D eigenvalue weighted by Crippen LogP contribution is 2.35. The lowest BCUT2D eigenvalue weighted by atomic mass is 9.78. The first-order valence-corrected chi connectivity index (χ1v) is 6.89. The SMILES string of the molecule is CCC1(c2nc3ccc(Cl)cc3o2)CCCNC1. The summed E-state index contributed by atoms with van der Waals surface area (Å²) in [6.45, 7) is 4.24.